The molecule has 1 atom stereocenters. The minimum Gasteiger partial charge on any atom is -0.351 e. The minimum absolute atomic E-state index is 0.150. The van der Waals surface area contributed by atoms with Gasteiger partial charge in [0.05, 0.1) is 0 Å². The van der Waals surface area contributed by atoms with Crippen LogP contribution < -0.4 is 10.2 Å². The highest BCUT2D eigenvalue weighted by molar-refractivity contribution is 5.44. The van der Waals surface area contributed by atoms with Gasteiger partial charge in [-0.3, -0.25) is 4.90 Å². The molecule has 0 spiro atoms. The molecule has 4 nitrogen and oxygen atoms in total. The summed E-state index contributed by atoms with van der Waals surface area (Å²) in [6.07, 6.45) is 4.17. The molecule has 2 fully saturated rings. The summed E-state index contributed by atoms with van der Waals surface area (Å²) in [5.41, 5.74) is 0.734. The molecule has 116 valence electrons. The fourth-order valence-electron chi connectivity index (χ4n) is 3.03. The topological polar surface area (TPSA) is 31.4 Å². The summed E-state index contributed by atoms with van der Waals surface area (Å²) in [7, 11) is 0. The predicted molar refractivity (Wildman–Crippen MR) is 83.0 cm³/mol. The fraction of sp³-hybridized carbons (Fsp3) is 0.688. The van der Waals surface area contributed by atoms with Crippen LogP contribution in [0.2, 0.25) is 0 Å². The zero-order valence-electron chi connectivity index (χ0n) is 13.0. The number of nitrogens with zero attached hydrogens (tertiary/aromatic N) is 3. The minimum atomic E-state index is -0.150. The summed E-state index contributed by atoms with van der Waals surface area (Å²) in [6, 6.07) is 2.83. The Kier molecular flexibility index (Phi) is 4.40. The van der Waals surface area contributed by atoms with Gasteiger partial charge < -0.3 is 10.2 Å². The standard InChI is InChI=1S/C16H25FN4/c1-3-20-8-9-21(11-12(20)2)16-15(17)13(6-7-18-16)10-19-14-4-5-14/h6-7,12,14,19H,3-5,8-11H2,1-2H3. The first-order chi connectivity index (χ1) is 10.2. The Morgan fingerprint density at radius 1 is 1.38 bits per heavy atom. The molecule has 1 saturated heterocycles. The molecule has 1 aliphatic heterocycles. The van der Waals surface area contributed by atoms with E-state index in [1.165, 1.54) is 12.8 Å². The third-order valence-corrected chi connectivity index (χ3v) is 4.58. The highest BCUT2D eigenvalue weighted by Crippen LogP contribution is 2.24. The lowest BCUT2D eigenvalue weighted by Gasteiger charge is -2.40. The number of likely N-dealkylation sites (N-methyl/N-ethyl adjacent to an activating group) is 1. The maximum Gasteiger partial charge on any atom is 0.170 e. The highest BCUT2D eigenvalue weighted by Gasteiger charge is 2.26. The lowest BCUT2D eigenvalue weighted by molar-refractivity contribution is 0.198. The number of hydrogen-bond donors (Lipinski definition) is 1. The van der Waals surface area contributed by atoms with E-state index < -0.39 is 0 Å². The number of nitrogens with one attached hydrogen (secondary N) is 1. The summed E-state index contributed by atoms with van der Waals surface area (Å²) >= 11 is 0. The van der Waals surface area contributed by atoms with Crippen molar-refractivity contribution in [3.8, 4) is 0 Å². The third-order valence-electron chi connectivity index (χ3n) is 4.58. The van der Waals surface area contributed by atoms with E-state index in [0.29, 0.717) is 24.4 Å². The van der Waals surface area contributed by atoms with E-state index in [2.05, 4.69) is 33.9 Å². The van der Waals surface area contributed by atoms with Crippen molar-refractivity contribution in [2.75, 3.05) is 31.1 Å². The Morgan fingerprint density at radius 3 is 2.86 bits per heavy atom. The lowest BCUT2D eigenvalue weighted by Crippen LogP contribution is -2.52. The van der Waals surface area contributed by atoms with Gasteiger partial charge in [-0.1, -0.05) is 6.92 Å². The van der Waals surface area contributed by atoms with Crippen molar-refractivity contribution in [2.45, 2.75) is 45.3 Å². The average molecular weight is 292 g/mol. The monoisotopic (exact) mass is 292 g/mol. The van der Waals surface area contributed by atoms with Gasteiger partial charge in [-0.15, -0.1) is 0 Å². The van der Waals surface area contributed by atoms with E-state index in [-0.39, 0.29) is 5.82 Å². The summed E-state index contributed by atoms with van der Waals surface area (Å²) < 4.78 is 14.7. The Morgan fingerprint density at radius 2 is 2.19 bits per heavy atom. The molecule has 1 saturated carbocycles. The van der Waals surface area contributed by atoms with Gasteiger partial charge >= 0.3 is 0 Å². The molecule has 5 heteroatoms. The van der Waals surface area contributed by atoms with Gasteiger partial charge in [-0.05, 0) is 32.4 Å². The van der Waals surface area contributed by atoms with E-state index in [0.717, 1.165) is 31.7 Å². The van der Waals surface area contributed by atoms with E-state index in [9.17, 15) is 4.39 Å². The van der Waals surface area contributed by atoms with Crippen LogP contribution in [-0.2, 0) is 6.54 Å². The van der Waals surface area contributed by atoms with Crippen LogP contribution in [0, 0.1) is 5.82 Å². The van der Waals surface area contributed by atoms with Crippen LogP contribution in [0.3, 0.4) is 0 Å². The first-order valence-corrected chi connectivity index (χ1v) is 8.04. The molecule has 0 bridgehead atoms. The molecule has 2 aliphatic rings. The fourth-order valence-corrected chi connectivity index (χ4v) is 3.03. The predicted octanol–water partition coefficient (Wildman–Crippen LogP) is 2.00. The number of hydrogen-bond acceptors (Lipinski definition) is 4. The van der Waals surface area contributed by atoms with E-state index in [4.69, 9.17) is 0 Å². The summed E-state index contributed by atoms with van der Waals surface area (Å²) in [5, 5.41) is 3.37. The number of halogens is 1. The van der Waals surface area contributed by atoms with Crippen molar-refractivity contribution in [1.29, 1.82) is 0 Å². The average Bonchev–Trinajstić information content (AvgIpc) is 3.30. The van der Waals surface area contributed by atoms with E-state index in [1.807, 2.05) is 0 Å². The van der Waals surface area contributed by atoms with Gasteiger partial charge in [0.25, 0.3) is 0 Å². The zero-order chi connectivity index (χ0) is 14.8. The SMILES string of the molecule is CCN1CCN(c2nccc(CNC3CC3)c2F)CC1C. The Hall–Kier alpha value is -1.20. The number of anilines is 1. The van der Waals surface area contributed by atoms with Crippen molar-refractivity contribution in [3.05, 3.63) is 23.6 Å². The smallest absolute Gasteiger partial charge is 0.170 e. The van der Waals surface area contributed by atoms with Gasteiger partial charge in [-0.2, -0.15) is 0 Å². The molecule has 0 amide bonds. The van der Waals surface area contributed by atoms with Gasteiger partial charge in [0.15, 0.2) is 11.6 Å². The van der Waals surface area contributed by atoms with Gasteiger partial charge in [0.1, 0.15) is 0 Å². The molecule has 3 rings (SSSR count). The van der Waals surface area contributed by atoms with Crippen LogP contribution in [0.25, 0.3) is 0 Å². The molecule has 1 aromatic rings. The first-order valence-electron chi connectivity index (χ1n) is 8.04. The van der Waals surface area contributed by atoms with Gasteiger partial charge in [-0.25, -0.2) is 9.37 Å². The van der Waals surface area contributed by atoms with Crippen molar-refractivity contribution in [3.63, 3.8) is 0 Å². The van der Waals surface area contributed by atoms with Crippen LogP contribution in [0.4, 0.5) is 10.2 Å². The van der Waals surface area contributed by atoms with Crippen LogP contribution in [0.5, 0.6) is 0 Å². The molecule has 1 N–H and O–H groups in total. The number of rotatable bonds is 5. The van der Waals surface area contributed by atoms with Gasteiger partial charge in [0.2, 0.25) is 0 Å². The largest absolute Gasteiger partial charge is 0.351 e. The summed E-state index contributed by atoms with van der Waals surface area (Å²) in [6.45, 7) is 8.70. The first kappa shape index (κ1) is 14.7. The van der Waals surface area contributed by atoms with E-state index in [1.54, 1.807) is 12.3 Å². The number of aromatic nitrogens is 1. The summed E-state index contributed by atoms with van der Waals surface area (Å²) in [5.74, 6) is 0.371. The van der Waals surface area contributed by atoms with Crippen molar-refractivity contribution in [2.24, 2.45) is 0 Å². The van der Waals surface area contributed by atoms with Gasteiger partial charge in [0, 0.05) is 50.0 Å². The van der Waals surface area contributed by atoms with E-state index >= 15 is 0 Å². The lowest BCUT2D eigenvalue weighted by atomic mass is 10.1. The Balaban J connectivity index is 1.71. The second-order valence-electron chi connectivity index (χ2n) is 6.19. The van der Waals surface area contributed by atoms with Crippen molar-refractivity contribution >= 4 is 5.82 Å². The Labute approximate surface area is 126 Å². The van der Waals surface area contributed by atoms with Crippen molar-refractivity contribution in [1.82, 2.24) is 15.2 Å². The second kappa shape index (κ2) is 6.28. The maximum atomic E-state index is 14.7. The third kappa shape index (κ3) is 3.35. The molecule has 0 radical (unpaired) electrons. The maximum absolute atomic E-state index is 14.7. The molecule has 21 heavy (non-hydrogen) atoms. The van der Waals surface area contributed by atoms with Crippen molar-refractivity contribution < 1.29 is 4.39 Å². The quantitative estimate of drug-likeness (QED) is 0.899. The normalized spacial score (nSPS) is 23.6. The van der Waals surface area contributed by atoms with Crippen LogP contribution >= 0.6 is 0 Å². The van der Waals surface area contributed by atoms with Crippen LogP contribution in [0.1, 0.15) is 32.3 Å². The molecular formula is C16H25FN4. The molecule has 1 aliphatic carbocycles. The molecule has 1 aromatic heterocycles. The number of piperazine rings is 1. The Bertz CT molecular complexity index is 489. The second-order valence-corrected chi connectivity index (χ2v) is 6.19. The molecule has 1 unspecified atom stereocenters. The summed E-state index contributed by atoms with van der Waals surface area (Å²) in [4.78, 5) is 8.81. The van der Waals surface area contributed by atoms with Crippen LogP contribution in [-0.4, -0.2) is 48.1 Å². The molecular weight excluding hydrogens is 267 g/mol. The highest BCUT2D eigenvalue weighted by atomic mass is 19.1. The molecule has 2 heterocycles. The zero-order valence-corrected chi connectivity index (χ0v) is 13.0. The number of pyridine rings is 1. The van der Waals surface area contributed by atoms with Crippen LogP contribution in [0.15, 0.2) is 12.3 Å². The molecule has 0 aromatic carbocycles.